The lowest BCUT2D eigenvalue weighted by molar-refractivity contribution is 0.0917. The first-order valence-electron chi connectivity index (χ1n) is 6.21. The van der Waals surface area contributed by atoms with Gasteiger partial charge in [-0.15, -0.1) is 0 Å². The van der Waals surface area contributed by atoms with Gasteiger partial charge in [-0.25, -0.2) is 0 Å². The molecule has 1 aromatic rings. The summed E-state index contributed by atoms with van der Waals surface area (Å²) in [6.07, 6.45) is 1.88. The average Bonchev–Trinajstić information content (AvgIpc) is 2.36. The number of halogens is 2. The monoisotopic (exact) mass is 301 g/mol. The van der Waals surface area contributed by atoms with E-state index in [4.69, 9.17) is 28.9 Å². The maximum atomic E-state index is 12.2. The Kier molecular flexibility index (Phi) is 4.55. The second-order valence-corrected chi connectivity index (χ2v) is 5.70. The van der Waals surface area contributed by atoms with Gasteiger partial charge in [0.25, 0.3) is 5.91 Å². The quantitative estimate of drug-likeness (QED) is 0.825. The van der Waals surface area contributed by atoms with Gasteiger partial charge in [0, 0.05) is 11.7 Å². The number of amides is 1. The molecule has 1 aliphatic heterocycles. The number of nitrogens with zero attached hydrogens (tertiary/aromatic N) is 1. The van der Waals surface area contributed by atoms with Crippen LogP contribution >= 0.6 is 23.2 Å². The van der Waals surface area contributed by atoms with Gasteiger partial charge in [-0.2, -0.15) is 0 Å². The molecule has 1 fully saturated rings. The molecular weight excluding hydrogens is 285 g/mol. The van der Waals surface area contributed by atoms with Gasteiger partial charge >= 0.3 is 0 Å². The molecule has 1 aromatic carbocycles. The van der Waals surface area contributed by atoms with Gasteiger partial charge in [0.15, 0.2) is 0 Å². The molecule has 104 valence electrons. The summed E-state index contributed by atoms with van der Waals surface area (Å²) >= 11 is 12.0. The van der Waals surface area contributed by atoms with Crippen molar-refractivity contribution >= 4 is 34.8 Å². The first-order chi connectivity index (χ1) is 8.97. The topological polar surface area (TPSA) is 58.4 Å². The van der Waals surface area contributed by atoms with Crippen molar-refractivity contribution in [3.63, 3.8) is 0 Å². The van der Waals surface area contributed by atoms with Crippen LogP contribution in [0.25, 0.3) is 0 Å². The maximum Gasteiger partial charge on any atom is 0.253 e. The number of nitrogen functional groups attached to an aromatic ring is 1. The minimum Gasteiger partial charge on any atom is -0.399 e. The molecule has 0 saturated carbocycles. The van der Waals surface area contributed by atoms with Crippen LogP contribution < -0.4 is 11.1 Å². The van der Waals surface area contributed by atoms with E-state index < -0.39 is 0 Å². The van der Waals surface area contributed by atoms with Crippen LogP contribution in [0.2, 0.25) is 10.0 Å². The highest BCUT2D eigenvalue weighted by Crippen LogP contribution is 2.28. The van der Waals surface area contributed by atoms with E-state index in [-0.39, 0.29) is 17.0 Å². The summed E-state index contributed by atoms with van der Waals surface area (Å²) in [5.41, 5.74) is 6.46. The van der Waals surface area contributed by atoms with E-state index >= 15 is 0 Å². The standard InChI is InChI=1S/C13H17Cl2N3O/c1-18-4-2-9(3-5-18)17-13(19)10-6-8(16)7-11(14)12(10)15/h6-7,9H,2-5,16H2,1H3,(H,17,19). The molecule has 3 N–H and O–H groups in total. The summed E-state index contributed by atoms with van der Waals surface area (Å²) in [7, 11) is 2.08. The number of nitrogens with one attached hydrogen (secondary N) is 1. The Bertz CT molecular complexity index is 485. The van der Waals surface area contributed by atoms with E-state index in [1.54, 1.807) is 6.07 Å². The molecule has 19 heavy (non-hydrogen) atoms. The van der Waals surface area contributed by atoms with Gasteiger partial charge in [-0.1, -0.05) is 23.2 Å². The van der Waals surface area contributed by atoms with E-state index in [9.17, 15) is 4.79 Å². The third-order valence-corrected chi connectivity index (χ3v) is 4.15. The molecule has 6 heteroatoms. The first-order valence-corrected chi connectivity index (χ1v) is 6.97. The molecule has 0 bridgehead atoms. The third kappa shape index (κ3) is 3.53. The van der Waals surface area contributed by atoms with Crippen LogP contribution in [0.4, 0.5) is 5.69 Å². The van der Waals surface area contributed by atoms with Crippen LogP contribution in [-0.2, 0) is 0 Å². The van der Waals surface area contributed by atoms with Gasteiger partial charge in [-0.3, -0.25) is 4.79 Å². The van der Waals surface area contributed by atoms with Crippen LogP contribution in [0.15, 0.2) is 12.1 Å². The zero-order valence-corrected chi connectivity index (χ0v) is 12.3. The van der Waals surface area contributed by atoms with Gasteiger partial charge in [-0.05, 0) is 45.1 Å². The first kappa shape index (κ1) is 14.4. The van der Waals surface area contributed by atoms with Crippen molar-refractivity contribution in [2.24, 2.45) is 0 Å². The molecule has 0 atom stereocenters. The van der Waals surface area contributed by atoms with Crippen molar-refractivity contribution in [1.29, 1.82) is 0 Å². The maximum absolute atomic E-state index is 12.2. The number of likely N-dealkylation sites (tertiary alicyclic amines) is 1. The van der Waals surface area contributed by atoms with Crippen LogP contribution in [0.1, 0.15) is 23.2 Å². The molecule has 1 heterocycles. The predicted molar refractivity (Wildman–Crippen MR) is 78.9 cm³/mol. The lowest BCUT2D eigenvalue weighted by Gasteiger charge is -2.29. The van der Waals surface area contributed by atoms with Crippen molar-refractivity contribution < 1.29 is 4.79 Å². The summed E-state index contributed by atoms with van der Waals surface area (Å²) < 4.78 is 0. The Morgan fingerprint density at radius 3 is 2.63 bits per heavy atom. The van der Waals surface area contributed by atoms with Crippen LogP contribution in [-0.4, -0.2) is 37.0 Å². The van der Waals surface area contributed by atoms with Gasteiger partial charge in [0.05, 0.1) is 15.6 Å². The molecule has 1 amide bonds. The molecule has 0 unspecified atom stereocenters. The predicted octanol–water partition coefficient (Wildman–Crippen LogP) is 2.40. The number of hydrogen-bond donors (Lipinski definition) is 2. The van der Waals surface area contributed by atoms with Crippen molar-refractivity contribution in [2.75, 3.05) is 25.9 Å². The number of carbonyl (C=O) groups excluding carboxylic acids is 1. The third-order valence-electron chi connectivity index (χ3n) is 3.35. The van der Waals surface area contributed by atoms with Crippen molar-refractivity contribution in [1.82, 2.24) is 10.2 Å². The minimum absolute atomic E-state index is 0.181. The molecular formula is C13H17Cl2N3O. The number of anilines is 1. The summed E-state index contributed by atoms with van der Waals surface area (Å²) in [6, 6.07) is 3.27. The van der Waals surface area contributed by atoms with Crippen LogP contribution in [0.3, 0.4) is 0 Å². The average molecular weight is 302 g/mol. The number of benzene rings is 1. The number of rotatable bonds is 2. The fourth-order valence-electron chi connectivity index (χ4n) is 2.19. The van der Waals surface area contributed by atoms with Gasteiger partial charge < -0.3 is 16.0 Å². The highest BCUT2D eigenvalue weighted by atomic mass is 35.5. The molecule has 4 nitrogen and oxygen atoms in total. The number of carbonyl (C=O) groups is 1. The molecule has 0 aromatic heterocycles. The number of nitrogens with two attached hydrogens (primary N) is 1. The molecule has 1 saturated heterocycles. The summed E-state index contributed by atoms with van der Waals surface area (Å²) in [5.74, 6) is -0.214. The lowest BCUT2D eigenvalue weighted by Crippen LogP contribution is -2.43. The van der Waals surface area contributed by atoms with Gasteiger partial charge in [0.1, 0.15) is 0 Å². The Balaban J connectivity index is 2.08. The zero-order chi connectivity index (χ0) is 14.0. The molecule has 2 rings (SSSR count). The van der Waals surface area contributed by atoms with E-state index in [0.717, 1.165) is 25.9 Å². The molecule has 0 aliphatic carbocycles. The molecule has 0 spiro atoms. The fraction of sp³-hybridized carbons (Fsp3) is 0.462. The van der Waals surface area contributed by atoms with Gasteiger partial charge in [0.2, 0.25) is 0 Å². The Morgan fingerprint density at radius 2 is 2.00 bits per heavy atom. The Morgan fingerprint density at radius 1 is 1.37 bits per heavy atom. The smallest absolute Gasteiger partial charge is 0.253 e. The lowest BCUT2D eigenvalue weighted by atomic mass is 10.0. The van der Waals surface area contributed by atoms with E-state index in [1.807, 2.05) is 0 Å². The van der Waals surface area contributed by atoms with Crippen LogP contribution in [0, 0.1) is 0 Å². The SMILES string of the molecule is CN1CCC(NC(=O)c2cc(N)cc(Cl)c2Cl)CC1. The minimum atomic E-state index is -0.214. The van der Waals surface area contributed by atoms with E-state index in [1.165, 1.54) is 6.07 Å². The summed E-state index contributed by atoms with van der Waals surface area (Å²) in [6.45, 7) is 1.97. The Hall–Kier alpha value is -0.970. The summed E-state index contributed by atoms with van der Waals surface area (Å²) in [5, 5.41) is 3.54. The zero-order valence-electron chi connectivity index (χ0n) is 10.7. The van der Waals surface area contributed by atoms with E-state index in [0.29, 0.717) is 16.3 Å². The largest absolute Gasteiger partial charge is 0.399 e. The highest BCUT2D eigenvalue weighted by Gasteiger charge is 2.21. The second kappa shape index (κ2) is 5.99. The second-order valence-electron chi connectivity index (χ2n) is 4.92. The fourth-order valence-corrected chi connectivity index (χ4v) is 2.61. The molecule has 1 aliphatic rings. The number of piperidine rings is 1. The summed E-state index contributed by atoms with van der Waals surface area (Å²) in [4.78, 5) is 14.4. The molecule has 0 radical (unpaired) electrons. The van der Waals surface area contributed by atoms with E-state index in [2.05, 4.69) is 17.3 Å². The Labute approximate surface area is 122 Å². The normalized spacial score (nSPS) is 17.4. The van der Waals surface area contributed by atoms with Crippen molar-refractivity contribution in [3.05, 3.63) is 27.7 Å². The van der Waals surface area contributed by atoms with Crippen LogP contribution in [0.5, 0.6) is 0 Å². The number of hydrogen-bond acceptors (Lipinski definition) is 3. The highest BCUT2D eigenvalue weighted by molar-refractivity contribution is 6.44. The van der Waals surface area contributed by atoms with Crippen molar-refractivity contribution in [2.45, 2.75) is 18.9 Å². The van der Waals surface area contributed by atoms with Crippen molar-refractivity contribution in [3.8, 4) is 0 Å².